The molecule has 4 atom stereocenters. The number of aromatic nitrogens is 1. The maximum Gasteiger partial charge on any atom is 0.326 e. The number of aromatic amines is 1. The number of H-pyrrole nitrogens is 1. The number of para-hydroxylation sites is 1. The number of aliphatic hydroxyl groups excluding tert-OH is 1. The van der Waals surface area contributed by atoms with E-state index in [0.717, 1.165) is 16.5 Å². The fourth-order valence-corrected chi connectivity index (χ4v) is 4.32. The monoisotopic (exact) mass is 487 g/mol. The van der Waals surface area contributed by atoms with Crippen molar-refractivity contribution in [3.05, 3.63) is 36.0 Å². The van der Waals surface area contributed by atoms with E-state index in [0.29, 0.717) is 19.4 Å². The van der Waals surface area contributed by atoms with Crippen molar-refractivity contribution in [1.82, 2.24) is 20.5 Å². The van der Waals surface area contributed by atoms with Crippen molar-refractivity contribution >= 4 is 34.6 Å². The number of carbonyl (C=O) groups is 4. The van der Waals surface area contributed by atoms with Gasteiger partial charge in [-0.05, 0) is 30.4 Å². The van der Waals surface area contributed by atoms with Gasteiger partial charge in [0.15, 0.2) is 0 Å². The number of fused-ring (bicyclic) bond motifs is 1. The Morgan fingerprint density at radius 1 is 1.17 bits per heavy atom. The molecule has 1 aromatic heterocycles. The van der Waals surface area contributed by atoms with Gasteiger partial charge in [-0.25, -0.2) is 4.79 Å². The summed E-state index contributed by atoms with van der Waals surface area (Å²) < 4.78 is 0. The summed E-state index contributed by atoms with van der Waals surface area (Å²) in [6, 6.07) is 3.31. The Bertz CT molecular complexity index is 1080. The number of benzene rings is 1. The fourth-order valence-electron chi connectivity index (χ4n) is 4.32. The molecule has 0 saturated carbocycles. The number of aliphatic hydroxyl groups is 1. The molecule has 1 saturated heterocycles. The van der Waals surface area contributed by atoms with Crippen molar-refractivity contribution in [2.24, 2.45) is 11.7 Å². The van der Waals surface area contributed by atoms with E-state index in [-0.39, 0.29) is 12.3 Å². The first-order valence-corrected chi connectivity index (χ1v) is 11.7. The number of hydrogen-bond donors (Lipinski definition) is 6. The van der Waals surface area contributed by atoms with E-state index in [1.807, 2.05) is 24.3 Å². The number of hydrogen-bond acceptors (Lipinski definition) is 6. The van der Waals surface area contributed by atoms with Gasteiger partial charge >= 0.3 is 5.97 Å². The first-order valence-electron chi connectivity index (χ1n) is 11.7. The molecule has 0 spiro atoms. The molecular weight excluding hydrogens is 454 g/mol. The molecule has 3 amide bonds. The third kappa shape index (κ3) is 5.98. The molecule has 3 rings (SSSR count). The topological polar surface area (TPSA) is 178 Å². The minimum atomic E-state index is -1.21. The van der Waals surface area contributed by atoms with Gasteiger partial charge in [0, 0.05) is 30.1 Å². The number of nitrogens with one attached hydrogen (secondary N) is 3. The first-order chi connectivity index (χ1) is 16.6. The Morgan fingerprint density at radius 2 is 1.89 bits per heavy atom. The van der Waals surface area contributed by atoms with Gasteiger partial charge in [0.1, 0.15) is 24.2 Å². The van der Waals surface area contributed by atoms with Crippen LogP contribution in [0.3, 0.4) is 0 Å². The van der Waals surface area contributed by atoms with Crippen LogP contribution < -0.4 is 16.4 Å². The SMILES string of the molecule is CC(C)C(NC(=O)C(Cc1c[nH]c2ccccc12)NC(=O)C(N)CO)C(=O)N1CCCC1C(=O)O. The van der Waals surface area contributed by atoms with E-state index < -0.39 is 54.5 Å². The zero-order valence-electron chi connectivity index (χ0n) is 19.9. The smallest absolute Gasteiger partial charge is 0.326 e. The number of likely N-dealkylation sites (tertiary alicyclic amines) is 1. The molecular formula is C24H33N5O6. The lowest BCUT2D eigenvalue weighted by Gasteiger charge is -2.30. The lowest BCUT2D eigenvalue weighted by atomic mass is 9.99. The Kier molecular flexibility index (Phi) is 8.47. The molecule has 0 bridgehead atoms. The largest absolute Gasteiger partial charge is 0.480 e. The maximum atomic E-state index is 13.4. The highest BCUT2D eigenvalue weighted by molar-refractivity contribution is 5.95. The number of carboxylic acid groups (broad SMARTS) is 1. The fraction of sp³-hybridized carbons (Fsp3) is 0.500. The molecule has 190 valence electrons. The van der Waals surface area contributed by atoms with E-state index in [9.17, 15) is 29.4 Å². The van der Waals surface area contributed by atoms with Crippen LogP contribution in [0.2, 0.25) is 0 Å². The lowest BCUT2D eigenvalue weighted by Crippen LogP contribution is -2.59. The Hall–Kier alpha value is -3.44. The van der Waals surface area contributed by atoms with Crippen molar-refractivity contribution in [1.29, 1.82) is 0 Å². The molecule has 1 aliphatic heterocycles. The number of rotatable bonds is 10. The normalized spacial score (nSPS) is 18.3. The summed E-state index contributed by atoms with van der Waals surface area (Å²) in [5, 5.41) is 24.9. The number of aliphatic carboxylic acids is 1. The molecule has 2 aromatic rings. The average molecular weight is 488 g/mol. The first kappa shape index (κ1) is 26.2. The van der Waals surface area contributed by atoms with Gasteiger partial charge in [0.25, 0.3) is 0 Å². The molecule has 4 unspecified atom stereocenters. The third-order valence-corrected chi connectivity index (χ3v) is 6.32. The minimum absolute atomic E-state index is 0.111. The predicted molar refractivity (Wildman–Crippen MR) is 128 cm³/mol. The molecule has 1 fully saturated rings. The van der Waals surface area contributed by atoms with Crippen LogP contribution in [-0.2, 0) is 25.6 Å². The average Bonchev–Trinajstić information content (AvgIpc) is 3.48. The Balaban J connectivity index is 1.83. The highest BCUT2D eigenvalue weighted by atomic mass is 16.4. The summed E-state index contributed by atoms with van der Waals surface area (Å²) in [7, 11) is 0. The van der Waals surface area contributed by atoms with Gasteiger partial charge in [-0.15, -0.1) is 0 Å². The van der Waals surface area contributed by atoms with Crippen LogP contribution in [-0.4, -0.2) is 81.1 Å². The van der Waals surface area contributed by atoms with Crippen LogP contribution >= 0.6 is 0 Å². The van der Waals surface area contributed by atoms with Crippen molar-refractivity contribution in [3.8, 4) is 0 Å². The van der Waals surface area contributed by atoms with Crippen molar-refractivity contribution in [2.75, 3.05) is 13.2 Å². The van der Waals surface area contributed by atoms with E-state index in [1.54, 1.807) is 20.0 Å². The van der Waals surface area contributed by atoms with Crippen LogP contribution in [0.4, 0.5) is 0 Å². The molecule has 2 heterocycles. The lowest BCUT2D eigenvalue weighted by molar-refractivity contribution is -0.150. The standard InChI is InChI=1S/C24H33N5O6/c1-13(2)20(23(33)29-9-5-8-19(29)24(34)35)28-22(32)18(27-21(31)16(25)12-30)10-14-11-26-17-7-4-3-6-15(14)17/h3-4,6-7,11,13,16,18-20,26,30H,5,8-10,12,25H2,1-2H3,(H,27,31)(H,28,32)(H,34,35). The second-order valence-electron chi connectivity index (χ2n) is 9.17. The number of nitrogens with two attached hydrogens (primary N) is 1. The molecule has 11 heteroatoms. The quantitative estimate of drug-likeness (QED) is 0.267. The third-order valence-electron chi connectivity index (χ3n) is 6.32. The van der Waals surface area contributed by atoms with Crippen molar-refractivity contribution in [3.63, 3.8) is 0 Å². The summed E-state index contributed by atoms with van der Waals surface area (Å²) in [6.07, 6.45) is 2.79. The van der Waals surface area contributed by atoms with Gasteiger partial charge in [0.2, 0.25) is 17.7 Å². The van der Waals surface area contributed by atoms with Crippen molar-refractivity contribution < 1.29 is 29.4 Å². The number of carbonyl (C=O) groups excluding carboxylic acids is 3. The van der Waals surface area contributed by atoms with Gasteiger partial charge in [-0.3, -0.25) is 14.4 Å². The summed E-state index contributed by atoms with van der Waals surface area (Å²) in [5.74, 6) is -3.18. The second-order valence-corrected chi connectivity index (χ2v) is 9.17. The second kappa shape index (κ2) is 11.3. The minimum Gasteiger partial charge on any atom is -0.480 e. The van der Waals surface area contributed by atoms with E-state index >= 15 is 0 Å². The number of carboxylic acids is 1. The Morgan fingerprint density at radius 3 is 2.54 bits per heavy atom. The van der Waals surface area contributed by atoms with E-state index in [1.165, 1.54) is 4.90 Å². The summed E-state index contributed by atoms with van der Waals surface area (Å²) in [6.45, 7) is 3.22. The molecule has 35 heavy (non-hydrogen) atoms. The molecule has 7 N–H and O–H groups in total. The molecule has 0 radical (unpaired) electrons. The molecule has 1 aliphatic rings. The molecule has 0 aliphatic carbocycles. The molecule has 11 nitrogen and oxygen atoms in total. The maximum absolute atomic E-state index is 13.4. The Labute approximate surface area is 203 Å². The van der Waals surface area contributed by atoms with Gasteiger partial charge in [-0.2, -0.15) is 0 Å². The summed E-state index contributed by atoms with van der Waals surface area (Å²) in [5.41, 5.74) is 7.28. The highest BCUT2D eigenvalue weighted by Gasteiger charge is 2.39. The van der Waals surface area contributed by atoms with Crippen molar-refractivity contribution in [2.45, 2.75) is 57.3 Å². The van der Waals surface area contributed by atoms with Crippen LogP contribution in [0, 0.1) is 5.92 Å². The van der Waals surface area contributed by atoms with Crippen LogP contribution in [0.5, 0.6) is 0 Å². The summed E-state index contributed by atoms with van der Waals surface area (Å²) >= 11 is 0. The van der Waals surface area contributed by atoms with E-state index in [4.69, 9.17) is 5.73 Å². The summed E-state index contributed by atoms with van der Waals surface area (Å²) in [4.78, 5) is 55.0. The van der Waals surface area contributed by atoms with Gasteiger partial charge in [0.05, 0.1) is 6.61 Å². The number of amides is 3. The van der Waals surface area contributed by atoms with Crippen LogP contribution in [0.25, 0.3) is 10.9 Å². The van der Waals surface area contributed by atoms with Crippen LogP contribution in [0.1, 0.15) is 32.3 Å². The van der Waals surface area contributed by atoms with Crippen LogP contribution in [0.15, 0.2) is 30.5 Å². The zero-order valence-corrected chi connectivity index (χ0v) is 19.9. The zero-order chi connectivity index (χ0) is 25.7. The molecule has 1 aromatic carbocycles. The van der Waals surface area contributed by atoms with Gasteiger partial charge in [-0.1, -0.05) is 32.0 Å². The van der Waals surface area contributed by atoms with E-state index in [2.05, 4.69) is 15.6 Å². The van der Waals surface area contributed by atoms with Gasteiger partial charge < -0.3 is 36.5 Å². The highest BCUT2D eigenvalue weighted by Crippen LogP contribution is 2.22. The predicted octanol–water partition coefficient (Wildman–Crippen LogP) is -0.269. The number of nitrogens with zero attached hydrogens (tertiary/aromatic N) is 1.